The van der Waals surface area contributed by atoms with E-state index in [0.717, 1.165) is 10.0 Å². The van der Waals surface area contributed by atoms with E-state index in [1.807, 2.05) is 24.3 Å². The van der Waals surface area contributed by atoms with Gasteiger partial charge in [-0.3, -0.25) is 9.48 Å². The third-order valence-electron chi connectivity index (χ3n) is 3.20. The zero-order chi connectivity index (χ0) is 15.6. The summed E-state index contributed by atoms with van der Waals surface area (Å²) in [5.74, 6) is -1.52. The van der Waals surface area contributed by atoms with Gasteiger partial charge < -0.3 is 4.74 Å². The predicted octanol–water partition coefficient (Wildman–Crippen LogP) is 2.73. The number of hydrogen-bond donors (Lipinski definition) is 0. The number of ketones is 1. The maximum absolute atomic E-state index is 12.1. The Hall–Kier alpha value is -1.95. The number of esters is 1. The fraction of sp³-hybridized carbons (Fsp3) is 0.267. The molecule has 1 heterocycles. The minimum absolute atomic E-state index is 0.0657. The molecule has 0 fully saturated rings. The third kappa shape index (κ3) is 3.39. The number of aryl methyl sites for hydroxylation is 2. The Morgan fingerprint density at radius 1 is 1.24 bits per heavy atom. The minimum Gasteiger partial charge on any atom is -0.455 e. The quantitative estimate of drug-likeness (QED) is 0.483. The second kappa shape index (κ2) is 6.22. The summed E-state index contributed by atoms with van der Waals surface area (Å²) in [7, 11) is 1.73. The van der Waals surface area contributed by atoms with Crippen LogP contribution in [0.4, 0.5) is 0 Å². The second-order valence-electron chi connectivity index (χ2n) is 4.70. The van der Waals surface area contributed by atoms with E-state index < -0.39 is 11.8 Å². The fourth-order valence-corrected chi connectivity index (χ4v) is 2.26. The van der Waals surface area contributed by atoms with Gasteiger partial charge in [-0.1, -0.05) is 28.1 Å². The number of halogens is 1. The molecule has 0 amide bonds. The predicted molar refractivity (Wildman–Crippen MR) is 81.0 cm³/mol. The molecule has 1 aromatic carbocycles. The smallest absolute Gasteiger partial charge is 0.380 e. The molecule has 2 aromatic rings. The van der Waals surface area contributed by atoms with Crippen molar-refractivity contribution in [2.45, 2.75) is 20.5 Å². The molecule has 0 saturated heterocycles. The van der Waals surface area contributed by atoms with Gasteiger partial charge in [0.2, 0.25) is 0 Å². The average molecular weight is 351 g/mol. The van der Waals surface area contributed by atoms with Crippen molar-refractivity contribution in [1.82, 2.24) is 9.78 Å². The zero-order valence-corrected chi connectivity index (χ0v) is 13.6. The fourth-order valence-electron chi connectivity index (χ4n) is 2.00. The van der Waals surface area contributed by atoms with Crippen LogP contribution in [0.25, 0.3) is 0 Å². The molecule has 0 aliphatic carbocycles. The zero-order valence-electron chi connectivity index (χ0n) is 12.0. The van der Waals surface area contributed by atoms with Crippen molar-refractivity contribution in [3.63, 3.8) is 0 Å². The molecule has 5 nitrogen and oxygen atoms in total. The molecule has 1 aromatic heterocycles. The summed E-state index contributed by atoms with van der Waals surface area (Å²) in [5, 5.41) is 4.12. The number of carbonyl (C=O) groups is 2. The molecule has 2 rings (SSSR count). The number of Topliss-reactive ketones (excluding diaryl/α,β-unsaturated/α-hetero) is 1. The van der Waals surface area contributed by atoms with Crippen molar-refractivity contribution in [2.75, 3.05) is 0 Å². The molecule has 0 atom stereocenters. The van der Waals surface area contributed by atoms with E-state index in [4.69, 9.17) is 4.74 Å². The van der Waals surface area contributed by atoms with Crippen molar-refractivity contribution in [3.05, 3.63) is 51.3 Å². The normalized spacial score (nSPS) is 10.5. The first-order valence-electron chi connectivity index (χ1n) is 6.36. The molecule has 21 heavy (non-hydrogen) atoms. The average Bonchev–Trinajstić information content (AvgIpc) is 2.70. The summed E-state index contributed by atoms with van der Waals surface area (Å²) >= 11 is 3.33. The Bertz CT molecular complexity index is 690. The lowest BCUT2D eigenvalue weighted by atomic mass is 10.1. The van der Waals surface area contributed by atoms with Crippen LogP contribution >= 0.6 is 15.9 Å². The molecule has 0 aliphatic rings. The van der Waals surface area contributed by atoms with E-state index >= 15 is 0 Å². The van der Waals surface area contributed by atoms with Crippen molar-refractivity contribution in [3.8, 4) is 0 Å². The summed E-state index contributed by atoms with van der Waals surface area (Å²) in [4.78, 5) is 24.0. The van der Waals surface area contributed by atoms with Gasteiger partial charge in [-0.15, -0.1) is 0 Å². The van der Waals surface area contributed by atoms with Crippen LogP contribution in [0.2, 0.25) is 0 Å². The van der Waals surface area contributed by atoms with Crippen LogP contribution in [0.5, 0.6) is 0 Å². The van der Waals surface area contributed by atoms with Gasteiger partial charge in [0.15, 0.2) is 0 Å². The van der Waals surface area contributed by atoms with Gasteiger partial charge in [-0.2, -0.15) is 5.10 Å². The molecule has 0 unspecified atom stereocenters. The monoisotopic (exact) mass is 350 g/mol. The van der Waals surface area contributed by atoms with Gasteiger partial charge in [0, 0.05) is 17.2 Å². The Balaban J connectivity index is 2.06. The standard InChI is InChI=1S/C15H15BrN2O3/c1-9-13(10(2)18(3)17-9)14(19)15(20)21-8-11-4-6-12(16)7-5-11/h4-7H,8H2,1-3H3. The highest BCUT2D eigenvalue weighted by Crippen LogP contribution is 2.15. The van der Waals surface area contributed by atoms with Crippen LogP contribution in [0.1, 0.15) is 27.3 Å². The van der Waals surface area contributed by atoms with E-state index in [2.05, 4.69) is 21.0 Å². The first-order valence-corrected chi connectivity index (χ1v) is 7.15. The molecule has 110 valence electrons. The molecule has 0 saturated carbocycles. The van der Waals surface area contributed by atoms with Crippen molar-refractivity contribution >= 4 is 27.7 Å². The van der Waals surface area contributed by atoms with E-state index in [-0.39, 0.29) is 6.61 Å². The summed E-state index contributed by atoms with van der Waals surface area (Å²) < 4.78 is 7.58. The molecule has 0 radical (unpaired) electrons. The first kappa shape index (κ1) is 15.4. The summed E-state index contributed by atoms with van der Waals surface area (Å²) in [6, 6.07) is 7.34. The summed E-state index contributed by atoms with van der Waals surface area (Å²) in [6.07, 6.45) is 0. The minimum atomic E-state index is -0.864. The van der Waals surface area contributed by atoms with Crippen molar-refractivity contribution in [2.24, 2.45) is 7.05 Å². The maximum Gasteiger partial charge on any atom is 0.380 e. The molecule has 0 bridgehead atoms. The number of benzene rings is 1. The Kier molecular flexibility index (Phi) is 4.57. The molecule has 6 heteroatoms. The van der Waals surface area contributed by atoms with E-state index in [0.29, 0.717) is 17.0 Å². The lowest BCUT2D eigenvalue weighted by molar-refractivity contribution is -0.139. The van der Waals surface area contributed by atoms with E-state index in [9.17, 15) is 9.59 Å². The van der Waals surface area contributed by atoms with Crippen LogP contribution in [0.3, 0.4) is 0 Å². The van der Waals surface area contributed by atoms with Gasteiger partial charge >= 0.3 is 5.97 Å². The number of aromatic nitrogens is 2. The van der Waals surface area contributed by atoms with Gasteiger partial charge in [-0.25, -0.2) is 4.79 Å². The highest BCUT2D eigenvalue weighted by atomic mass is 79.9. The van der Waals surface area contributed by atoms with E-state index in [1.54, 1.807) is 25.6 Å². The van der Waals surface area contributed by atoms with Gasteiger partial charge in [0.25, 0.3) is 5.78 Å². The molecule has 0 aliphatic heterocycles. The van der Waals surface area contributed by atoms with Gasteiger partial charge in [0.05, 0.1) is 11.3 Å². The second-order valence-corrected chi connectivity index (χ2v) is 5.62. The molecule has 0 spiro atoms. The lowest BCUT2D eigenvalue weighted by Gasteiger charge is -2.05. The number of rotatable bonds is 4. The number of nitrogens with zero attached hydrogens (tertiary/aromatic N) is 2. The number of carbonyl (C=O) groups excluding carboxylic acids is 2. The lowest BCUT2D eigenvalue weighted by Crippen LogP contribution is -2.19. The van der Waals surface area contributed by atoms with Crippen LogP contribution < -0.4 is 0 Å². The topological polar surface area (TPSA) is 61.2 Å². The maximum atomic E-state index is 12.1. The number of hydrogen-bond acceptors (Lipinski definition) is 4. The summed E-state index contributed by atoms with van der Waals surface area (Å²) in [5.41, 5.74) is 2.32. The number of ether oxygens (including phenoxy) is 1. The van der Waals surface area contributed by atoms with Gasteiger partial charge in [-0.05, 0) is 31.5 Å². The highest BCUT2D eigenvalue weighted by molar-refractivity contribution is 9.10. The van der Waals surface area contributed by atoms with Crippen LogP contribution in [0.15, 0.2) is 28.7 Å². The molecular formula is C15H15BrN2O3. The third-order valence-corrected chi connectivity index (χ3v) is 3.73. The van der Waals surface area contributed by atoms with Crippen LogP contribution in [-0.2, 0) is 23.2 Å². The molecule has 0 N–H and O–H groups in total. The highest BCUT2D eigenvalue weighted by Gasteiger charge is 2.25. The van der Waals surface area contributed by atoms with Crippen LogP contribution in [-0.4, -0.2) is 21.5 Å². The largest absolute Gasteiger partial charge is 0.455 e. The van der Waals surface area contributed by atoms with E-state index in [1.165, 1.54) is 0 Å². The SMILES string of the molecule is Cc1nn(C)c(C)c1C(=O)C(=O)OCc1ccc(Br)cc1. The first-order chi connectivity index (χ1) is 9.90. The van der Waals surface area contributed by atoms with Crippen LogP contribution in [0, 0.1) is 13.8 Å². The van der Waals surface area contributed by atoms with Gasteiger partial charge in [0.1, 0.15) is 6.61 Å². The Morgan fingerprint density at radius 2 is 1.86 bits per heavy atom. The van der Waals surface area contributed by atoms with Crippen molar-refractivity contribution < 1.29 is 14.3 Å². The Labute approximate surface area is 131 Å². The Morgan fingerprint density at radius 3 is 2.38 bits per heavy atom. The molecular weight excluding hydrogens is 336 g/mol. The van der Waals surface area contributed by atoms with Crippen molar-refractivity contribution in [1.29, 1.82) is 0 Å². The summed E-state index contributed by atoms with van der Waals surface area (Å²) in [6.45, 7) is 3.51.